The van der Waals surface area contributed by atoms with Crippen molar-refractivity contribution in [2.75, 3.05) is 31.1 Å². The molecule has 1 N–H and O–H groups in total. The van der Waals surface area contributed by atoms with E-state index in [0.717, 1.165) is 35.4 Å². The zero-order valence-corrected chi connectivity index (χ0v) is 17.0. The predicted octanol–water partition coefficient (Wildman–Crippen LogP) is 3.55. The predicted molar refractivity (Wildman–Crippen MR) is 122 cm³/mol. The van der Waals surface area contributed by atoms with E-state index < -0.39 is 0 Å². The quantitative estimate of drug-likeness (QED) is 0.561. The minimum atomic E-state index is -0.170. The van der Waals surface area contributed by atoms with Gasteiger partial charge in [0, 0.05) is 55.1 Å². The van der Waals surface area contributed by atoms with Crippen molar-refractivity contribution >= 4 is 22.6 Å². The molecule has 0 atom stereocenters. The average molecular weight is 410 g/mol. The molecule has 0 spiro atoms. The number of nitrogens with one attached hydrogen (secondary N) is 1. The highest BCUT2D eigenvalue weighted by Gasteiger charge is 2.23. The number of fused-ring (bicyclic) bond motifs is 1. The number of rotatable bonds is 3. The van der Waals surface area contributed by atoms with Gasteiger partial charge in [-0.3, -0.25) is 9.59 Å². The summed E-state index contributed by atoms with van der Waals surface area (Å²) < 4.78 is 0. The topological polar surface area (TPSA) is 69.3 Å². The molecule has 6 heteroatoms. The summed E-state index contributed by atoms with van der Waals surface area (Å²) in [7, 11) is 0. The first-order valence-electron chi connectivity index (χ1n) is 10.4. The van der Waals surface area contributed by atoms with E-state index in [4.69, 9.17) is 0 Å². The number of anilines is 1. The number of benzene rings is 2. The highest BCUT2D eigenvalue weighted by atomic mass is 16.2. The summed E-state index contributed by atoms with van der Waals surface area (Å²) in [4.78, 5) is 36.0. The molecule has 1 fully saturated rings. The number of hydrogen-bond acceptors (Lipinski definition) is 4. The number of nitrogens with zero attached hydrogens (tertiary/aromatic N) is 3. The third-order valence-corrected chi connectivity index (χ3v) is 5.72. The molecule has 0 bridgehead atoms. The molecular weight excluding hydrogens is 388 g/mol. The van der Waals surface area contributed by atoms with E-state index >= 15 is 0 Å². The molecule has 0 radical (unpaired) electrons. The molecule has 3 heterocycles. The van der Waals surface area contributed by atoms with Crippen LogP contribution < -0.4 is 10.5 Å². The van der Waals surface area contributed by atoms with Gasteiger partial charge in [0.15, 0.2) is 0 Å². The number of carbonyl (C=O) groups excluding carboxylic acids is 1. The Kier molecular flexibility index (Phi) is 4.96. The molecule has 1 saturated heterocycles. The van der Waals surface area contributed by atoms with Crippen molar-refractivity contribution in [2.45, 2.75) is 0 Å². The van der Waals surface area contributed by atoms with Crippen LogP contribution in [0.3, 0.4) is 0 Å². The lowest BCUT2D eigenvalue weighted by Gasteiger charge is -2.35. The van der Waals surface area contributed by atoms with E-state index in [2.05, 4.69) is 33.1 Å². The van der Waals surface area contributed by atoms with Crippen molar-refractivity contribution in [3.8, 4) is 11.1 Å². The molecule has 2 aromatic carbocycles. The molecule has 1 amide bonds. The molecule has 154 valence electrons. The summed E-state index contributed by atoms with van der Waals surface area (Å²) in [6.07, 6.45) is 1.90. The molecule has 0 unspecified atom stereocenters. The van der Waals surface area contributed by atoms with Gasteiger partial charge in [-0.25, -0.2) is 4.98 Å². The Morgan fingerprint density at radius 1 is 0.839 bits per heavy atom. The molecule has 0 aliphatic carbocycles. The first-order chi connectivity index (χ1) is 15.2. The van der Waals surface area contributed by atoms with Crippen LogP contribution in [0.25, 0.3) is 22.0 Å². The number of H-pyrrole nitrogens is 1. The molecule has 31 heavy (non-hydrogen) atoms. The molecule has 1 aliphatic rings. The van der Waals surface area contributed by atoms with Crippen molar-refractivity contribution in [3.63, 3.8) is 0 Å². The molecule has 4 aromatic rings. The number of hydrogen-bond donors (Lipinski definition) is 1. The van der Waals surface area contributed by atoms with Crippen LogP contribution in [0.1, 0.15) is 10.4 Å². The third kappa shape index (κ3) is 3.92. The Morgan fingerprint density at radius 3 is 2.35 bits per heavy atom. The Morgan fingerprint density at radius 2 is 1.61 bits per heavy atom. The number of amides is 1. The summed E-state index contributed by atoms with van der Waals surface area (Å²) >= 11 is 0. The highest BCUT2D eigenvalue weighted by Crippen LogP contribution is 2.22. The minimum Gasteiger partial charge on any atom is -0.353 e. The van der Waals surface area contributed by atoms with Gasteiger partial charge in [-0.05, 0) is 41.3 Å². The molecule has 1 aliphatic heterocycles. The average Bonchev–Trinajstić information content (AvgIpc) is 2.84. The summed E-state index contributed by atoms with van der Waals surface area (Å²) in [5.41, 5.74) is 3.34. The lowest BCUT2D eigenvalue weighted by molar-refractivity contribution is 0.0746. The van der Waals surface area contributed by atoms with Crippen LogP contribution in [0.2, 0.25) is 0 Å². The number of carbonyl (C=O) groups is 1. The molecule has 5 rings (SSSR count). The first-order valence-corrected chi connectivity index (χ1v) is 10.4. The first kappa shape index (κ1) is 19.1. The second-order valence-corrected chi connectivity index (χ2v) is 7.67. The third-order valence-electron chi connectivity index (χ3n) is 5.72. The van der Waals surface area contributed by atoms with Gasteiger partial charge in [0.2, 0.25) is 5.56 Å². The van der Waals surface area contributed by atoms with Gasteiger partial charge in [-0.15, -0.1) is 0 Å². The van der Waals surface area contributed by atoms with Crippen molar-refractivity contribution in [1.82, 2.24) is 14.9 Å². The van der Waals surface area contributed by atoms with E-state index in [0.29, 0.717) is 24.2 Å². The van der Waals surface area contributed by atoms with E-state index in [9.17, 15) is 9.59 Å². The van der Waals surface area contributed by atoms with Gasteiger partial charge in [0.1, 0.15) is 5.82 Å². The maximum absolute atomic E-state index is 13.0. The zero-order chi connectivity index (χ0) is 21.2. The standard InChI is InChI=1S/C25H22N4O2/c30-24-11-9-19-6-7-20(16-22(19)27-24)25(31)29-14-12-28(13-15-29)23-10-8-21(17-26-23)18-4-2-1-3-5-18/h1-11,16-17H,12-15H2,(H,27,30). The molecular formula is C25H22N4O2. The number of pyridine rings is 2. The van der Waals surface area contributed by atoms with Crippen molar-refractivity contribution in [3.05, 3.63) is 94.9 Å². The van der Waals surface area contributed by atoms with Crippen molar-refractivity contribution in [2.24, 2.45) is 0 Å². The smallest absolute Gasteiger partial charge is 0.254 e. The van der Waals surface area contributed by atoms with Gasteiger partial charge in [0.25, 0.3) is 5.91 Å². The normalized spacial score (nSPS) is 14.1. The Balaban J connectivity index is 1.26. The van der Waals surface area contributed by atoms with Crippen LogP contribution in [-0.4, -0.2) is 47.0 Å². The second-order valence-electron chi connectivity index (χ2n) is 7.67. The van der Waals surface area contributed by atoms with Crippen LogP contribution in [-0.2, 0) is 0 Å². The van der Waals surface area contributed by atoms with Crippen LogP contribution in [0.15, 0.2) is 83.8 Å². The fourth-order valence-electron chi connectivity index (χ4n) is 3.98. The van der Waals surface area contributed by atoms with Crippen LogP contribution in [0.4, 0.5) is 5.82 Å². The molecule has 0 saturated carbocycles. The van der Waals surface area contributed by atoms with E-state index in [1.165, 1.54) is 6.07 Å². The number of aromatic nitrogens is 2. The van der Waals surface area contributed by atoms with Gasteiger partial charge in [-0.2, -0.15) is 0 Å². The number of aromatic amines is 1. The van der Waals surface area contributed by atoms with Crippen molar-refractivity contribution in [1.29, 1.82) is 0 Å². The van der Waals surface area contributed by atoms with Gasteiger partial charge < -0.3 is 14.8 Å². The minimum absolute atomic E-state index is 0.0152. The van der Waals surface area contributed by atoms with Crippen molar-refractivity contribution < 1.29 is 4.79 Å². The lowest BCUT2D eigenvalue weighted by atomic mass is 10.1. The van der Waals surface area contributed by atoms with Gasteiger partial charge in [-0.1, -0.05) is 36.4 Å². The summed E-state index contributed by atoms with van der Waals surface area (Å²) in [5, 5.41) is 0.908. The summed E-state index contributed by atoms with van der Waals surface area (Å²) in [6.45, 7) is 2.72. The summed E-state index contributed by atoms with van der Waals surface area (Å²) in [6, 6.07) is 23.0. The van der Waals surface area contributed by atoms with E-state index in [1.807, 2.05) is 47.5 Å². The second kappa shape index (κ2) is 8.07. The monoisotopic (exact) mass is 410 g/mol. The fourth-order valence-corrected chi connectivity index (χ4v) is 3.98. The Labute approximate surface area is 179 Å². The molecule has 6 nitrogen and oxygen atoms in total. The molecule has 2 aromatic heterocycles. The maximum atomic E-state index is 13.0. The Hall–Kier alpha value is -3.93. The largest absolute Gasteiger partial charge is 0.353 e. The SMILES string of the molecule is O=C(c1ccc2ccc(=O)[nH]c2c1)N1CCN(c2ccc(-c3ccccc3)cn2)CC1. The fraction of sp³-hybridized carbons (Fsp3) is 0.160. The Bertz CT molecular complexity index is 1270. The van der Waals surface area contributed by atoms with Crippen LogP contribution in [0.5, 0.6) is 0 Å². The zero-order valence-electron chi connectivity index (χ0n) is 17.0. The maximum Gasteiger partial charge on any atom is 0.254 e. The summed E-state index contributed by atoms with van der Waals surface area (Å²) in [5.74, 6) is 0.911. The van der Waals surface area contributed by atoms with Crippen LogP contribution in [0, 0.1) is 0 Å². The van der Waals surface area contributed by atoms with Gasteiger partial charge in [0.05, 0.1) is 0 Å². The highest BCUT2D eigenvalue weighted by molar-refractivity contribution is 5.97. The van der Waals surface area contributed by atoms with E-state index in [-0.39, 0.29) is 11.5 Å². The number of piperazine rings is 1. The lowest BCUT2D eigenvalue weighted by Crippen LogP contribution is -2.49. The van der Waals surface area contributed by atoms with Gasteiger partial charge >= 0.3 is 0 Å². The van der Waals surface area contributed by atoms with Crippen LogP contribution >= 0.6 is 0 Å². The van der Waals surface area contributed by atoms with E-state index in [1.54, 1.807) is 12.1 Å².